The summed E-state index contributed by atoms with van der Waals surface area (Å²) in [4.78, 5) is 21.6. The Hall–Kier alpha value is -1.52. The van der Waals surface area contributed by atoms with Crippen LogP contribution in [0.1, 0.15) is 13.3 Å². The first kappa shape index (κ1) is 12.5. The number of rotatable bonds is 6. The zero-order chi connectivity index (χ0) is 10.8. The van der Waals surface area contributed by atoms with Crippen LogP contribution in [0.3, 0.4) is 0 Å². The minimum absolute atomic E-state index is 0.132. The molecule has 5 nitrogen and oxygen atoms in total. The molecule has 0 heterocycles. The van der Waals surface area contributed by atoms with E-state index in [4.69, 9.17) is 0 Å². The molecule has 0 radical (unpaired) electrons. The third kappa shape index (κ3) is 7.15. The minimum atomic E-state index is -0.524. The number of amides is 1. The van der Waals surface area contributed by atoms with Gasteiger partial charge in [0.15, 0.2) is 0 Å². The Morgan fingerprint density at radius 1 is 1.43 bits per heavy atom. The van der Waals surface area contributed by atoms with Crippen molar-refractivity contribution in [3.63, 3.8) is 0 Å². The van der Waals surface area contributed by atoms with Crippen LogP contribution in [-0.2, 0) is 14.3 Å². The molecule has 0 aromatic heterocycles. The third-order valence-corrected chi connectivity index (χ3v) is 1.24. The number of ether oxygens (including phenoxy) is 2. The minimum Gasteiger partial charge on any atom is -0.461 e. The van der Waals surface area contributed by atoms with E-state index in [0.717, 1.165) is 0 Å². The molecule has 0 spiro atoms. The van der Waals surface area contributed by atoms with Crippen molar-refractivity contribution in [1.29, 1.82) is 0 Å². The molecule has 0 aliphatic heterocycles. The summed E-state index contributed by atoms with van der Waals surface area (Å²) in [5.41, 5.74) is 0. The molecule has 1 N–H and O–H groups in total. The molecule has 5 heteroatoms. The van der Waals surface area contributed by atoms with Crippen LogP contribution >= 0.6 is 0 Å². The molecule has 0 saturated heterocycles. The van der Waals surface area contributed by atoms with Crippen molar-refractivity contribution < 1.29 is 19.1 Å². The van der Waals surface area contributed by atoms with Crippen LogP contribution in [-0.4, -0.2) is 31.8 Å². The standard InChI is InChI=1S/C9H15NO4/c1-3-7-14-8(11)5-6-10-9(12)13-4-2/h3H,1,4-7H2,2H3,(H,10,12). The van der Waals surface area contributed by atoms with Crippen LogP contribution in [0.4, 0.5) is 4.79 Å². The molecule has 0 atom stereocenters. The van der Waals surface area contributed by atoms with Gasteiger partial charge in [0, 0.05) is 6.54 Å². The average Bonchev–Trinajstić information content (AvgIpc) is 2.15. The number of hydrogen-bond acceptors (Lipinski definition) is 4. The first-order valence-electron chi connectivity index (χ1n) is 4.37. The summed E-state index contributed by atoms with van der Waals surface area (Å²) in [6.07, 6.45) is 1.09. The first-order valence-corrected chi connectivity index (χ1v) is 4.37. The van der Waals surface area contributed by atoms with Crippen LogP contribution in [0.15, 0.2) is 12.7 Å². The lowest BCUT2D eigenvalue weighted by molar-refractivity contribution is -0.142. The summed E-state index contributed by atoms with van der Waals surface area (Å²) >= 11 is 0. The predicted molar refractivity (Wildman–Crippen MR) is 50.8 cm³/mol. The van der Waals surface area contributed by atoms with Crippen molar-refractivity contribution in [2.45, 2.75) is 13.3 Å². The van der Waals surface area contributed by atoms with E-state index in [0.29, 0.717) is 6.61 Å². The lowest BCUT2D eigenvalue weighted by atomic mass is 10.4. The van der Waals surface area contributed by atoms with Crippen molar-refractivity contribution in [2.24, 2.45) is 0 Å². The van der Waals surface area contributed by atoms with Crippen LogP contribution in [0.5, 0.6) is 0 Å². The van der Waals surface area contributed by atoms with E-state index in [1.54, 1.807) is 6.92 Å². The molecule has 0 aliphatic carbocycles. The maximum Gasteiger partial charge on any atom is 0.407 e. The highest BCUT2D eigenvalue weighted by atomic mass is 16.5. The molecule has 0 aromatic carbocycles. The largest absolute Gasteiger partial charge is 0.461 e. The quantitative estimate of drug-likeness (QED) is 0.511. The summed E-state index contributed by atoms with van der Waals surface area (Å²) in [7, 11) is 0. The highest BCUT2D eigenvalue weighted by Crippen LogP contribution is 1.86. The Bertz CT molecular complexity index is 203. The smallest absolute Gasteiger partial charge is 0.407 e. The van der Waals surface area contributed by atoms with E-state index >= 15 is 0 Å². The van der Waals surface area contributed by atoms with E-state index in [-0.39, 0.29) is 25.5 Å². The van der Waals surface area contributed by atoms with E-state index in [1.807, 2.05) is 0 Å². The molecule has 0 fully saturated rings. The predicted octanol–water partition coefficient (Wildman–Crippen LogP) is 0.852. The van der Waals surface area contributed by atoms with E-state index in [9.17, 15) is 9.59 Å². The van der Waals surface area contributed by atoms with Gasteiger partial charge in [0.1, 0.15) is 6.61 Å². The van der Waals surface area contributed by atoms with Crippen molar-refractivity contribution in [1.82, 2.24) is 5.32 Å². The topological polar surface area (TPSA) is 64.6 Å². The number of carbonyl (C=O) groups is 2. The zero-order valence-corrected chi connectivity index (χ0v) is 8.25. The lowest BCUT2D eigenvalue weighted by Crippen LogP contribution is -2.27. The fourth-order valence-electron chi connectivity index (χ4n) is 0.673. The van der Waals surface area contributed by atoms with E-state index in [1.165, 1.54) is 6.08 Å². The van der Waals surface area contributed by atoms with Gasteiger partial charge in [-0.1, -0.05) is 12.7 Å². The average molecular weight is 201 g/mol. The highest BCUT2D eigenvalue weighted by Gasteiger charge is 2.03. The van der Waals surface area contributed by atoms with E-state index < -0.39 is 6.09 Å². The van der Waals surface area contributed by atoms with Crippen LogP contribution in [0.25, 0.3) is 0 Å². The van der Waals surface area contributed by atoms with Gasteiger partial charge >= 0.3 is 12.1 Å². The first-order chi connectivity index (χ1) is 6.70. The van der Waals surface area contributed by atoms with Gasteiger partial charge in [-0.05, 0) is 6.92 Å². The van der Waals surface area contributed by atoms with Gasteiger partial charge in [-0.15, -0.1) is 0 Å². The van der Waals surface area contributed by atoms with Crippen molar-refractivity contribution >= 4 is 12.1 Å². The van der Waals surface area contributed by atoms with Gasteiger partial charge in [0.2, 0.25) is 0 Å². The fraction of sp³-hybridized carbons (Fsp3) is 0.556. The van der Waals surface area contributed by atoms with Crippen molar-refractivity contribution in [3.8, 4) is 0 Å². The summed E-state index contributed by atoms with van der Waals surface area (Å²) in [5, 5.41) is 2.40. The highest BCUT2D eigenvalue weighted by molar-refractivity contribution is 5.71. The molecule has 14 heavy (non-hydrogen) atoms. The SMILES string of the molecule is C=CCOC(=O)CCNC(=O)OCC. The van der Waals surface area contributed by atoms with Crippen LogP contribution in [0, 0.1) is 0 Å². The Morgan fingerprint density at radius 3 is 2.71 bits per heavy atom. The number of alkyl carbamates (subject to hydrolysis) is 1. The Labute approximate surface area is 83.1 Å². The third-order valence-electron chi connectivity index (χ3n) is 1.24. The van der Waals surface area contributed by atoms with Gasteiger partial charge in [0.05, 0.1) is 13.0 Å². The van der Waals surface area contributed by atoms with Gasteiger partial charge in [-0.25, -0.2) is 4.79 Å². The second kappa shape index (κ2) is 8.10. The summed E-state index contributed by atoms with van der Waals surface area (Å²) in [6.45, 7) is 5.83. The number of hydrogen-bond donors (Lipinski definition) is 1. The van der Waals surface area contributed by atoms with Gasteiger partial charge in [-0.2, -0.15) is 0 Å². The molecule has 0 aromatic rings. The zero-order valence-electron chi connectivity index (χ0n) is 8.25. The van der Waals surface area contributed by atoms with Crippen molar-refractivity contribution in [2.75, 3.05) is 19.8 Å². The second-order valence-corrected chi connectivity index (χ2v) is 2.37. The molecule has 0 bridgehead atoms. The number of carbonyl (C=O) groups excluding carboxylic acids is 2. The summed E-state index contributed by atoms with van der Waals surface area (Å²) < 4.78 is 9.27. The lowest BCUT2D eigenvalue weighted by Gasteiger charge is -2.04. The Morgan fingerprint density at radius 2 is 2.14 bits per heavy atom. The molecule has 0 unspecified atom stereocenters. The molecular formula is C9H15NO4. The van der Waals surface area contributed by atoms with Gasteiger partial charge in [-0.3, -0.25) is 4.79 Å². The maximum atomic E-state index is 10.9. The molecule has 0 saturated carbocycles. The number of nitrogens with one attached hydrogen (secondary N) is 1. The summed E-state index contributed by atoms with van der Waals surface area (Å²) in [5.74, 6) is -0.373. The monoisotopic (exact) mass is 201 g/mol. The number of esters is 1. The molecule has 80 valence electrons. The Balaban J connectivity index is 3.39. The van der Waals surface area contributed by atoms with E-state index in [2.05, 4.69) is 21.4 Å². The molecule has 0 rings (SSSR count). The van der Waals surface area contributed by atoms with Crippen molar-refractivity contribution in [3.05, 3.63) is 12.7 Å². The van der Waals surface area contributed by atoms with Crippen LogP contribution < -0.4 is 5.32 Å². The molecule has 0 aliphatic rings. The van der Waals surface area contributed by atoms with Gasteiger partial charge in [0.25, 0.3) is 0 Å². The maximum absolute atomic E-state index is 10.9. The fourth-order valence-corrected chi connectivity index (χ4v) is 0.673. The Kier molecular flexibility index (Phi) is 7.22. The van der Waals surface area contributed by atoms with Crippen LogP contribution in [0.2, 0.25) is 0 Å². The second-order valence-electron chi connectivity index (χ2n) is 2.37. The molecular weight excluding hydrogens is 186 g/mol. The summed E-state index contributed by atoms with van der Waals surface area (Å²) in [6, 6.07) is 0. The molecule has 1 amide bonds. The van der Waals surface area contributed by atoms with Gasteiger partial charge < -0.3 is 14.8 Å². The normalized spacial score (nSPS) is 8.93.